The van der Waals surface area contributed by atoms with Crippen molar-refractivity contribution in [1.82, 2.24) is 14.7 Å². The van der Waals surface area contributed by atoms with Gasteiger partial charge >= 0.3 is 12.0 Å². The number of carboxylic acids is 1. The summed E-state index contributed by atoms with van der Waals surface area (Å²) in [5, 5.41) is 15.8. The maximum Gasteiger partial charge on any atom is 0.358 e. The van der Waals surface area contributed by atoms with E-state index in [1.807, 2.05) is 25.1 Å². The molecule has 0 spiro atoms. The van der Waals surface area contributed by atoms with Crippen LogP contribution in [-0.2, 0) is 19.5 Å². The lowest BCUT2D eigenvalue weighted by Gasteiger charge is -2.28. The monoisotopic (exact) mass is 314 g/mol. The Hall–Kier alpha value is -2.83. The van der Waals surface area contributed by atoms with Crippen LogP contribution in [0.2, 0.25) is 0 Å². The number of carboxylic acid groups (broad SMARTS) is 1. The molecule has 7 nitrogen and oxygen atoms in total. The summed E-state index contributed by atoms with van der Waals surface area (Å²) in [4.78, 5) is 25.3. The molecule has 0 saturated heterocycles. The zero-order valence-electron chi connectivity index (χ0n) is 12.8. The molecule has 2 aromatic rings. The molecule has 2 amide bonds. The van der Waals surface area contributed by atoms with Crippen LogP contribution in [0.1, 0.15) is 28.5 Å². The fraction of sp³-hybridized carbons (Fsp3) is 0.312. The number of fused-ring (bicyclic) bond motifs is 1. The fourth-order valence-electron chi connectivity index (χ4n) is 2.70. The van der Waals surface area contributed by atoms with Gasteiger partial charge in [-0.2, -0.15) is 5.10 Å². The Morgan fingerprint density at radius 1 is 1.30 bits per heavy atom. The summed E-state index contributed by atoms with van der Waals surface area (Å²) in [5.41, 5.74) is 2.46. The summed E-state index contributed by atoms with van der Waals surface area (Å²) < 4.78 is 1.49. The van der Waals surface area contributed by atoms with Crippen molar-refractivity contribution in [1.29, 1.82) is 0 Å². The molecule has 7 heteroatoms. The van der Waals surface area contributed by atoms with Crippen LogP contribution < -0.4 is 5.32 Å². The predicted molar refractivity (Wildman–Crippen MR) is 84.4 cm³/mol. The number of hydrogen-bond donors (Lipinski definition) is 2. The van der Waals surface area contributed by atoms with E-state index in [1.54, 1.807) is 11.1 Å². The lowest BCUT2D eigenvalue weighted by molar-refractivity contribution is 0.0690. The van der Waals surface area contributed by atoms with E-state index >= 15 is 0 Å². The molecular formula is C16H18N4O3. The van der Waals surface area contributed by atoms with E-state index < -0.39 is 5.97 Å². The van der Waals surface area contributed by atoms with Gasteiger partial charge in [-0.15, -0.1) is 0 Å². The lowest BCUT2D eigenvalue weighted by Crippen LogP contribution is -2.39. The van der Waals surface area contributed by atoms with Crippen LogP contribution in [0.5, 0.6) is 0 Å². The number of carbonyl (C=O) groups excluding carboxylic acids is 1. The van der Waals surface area contributed by atoms with Crippen LogP contribution in [0.4, 0.5) is 10.5 Å². The Kier molecular flexibility index (Phi) is 4.01. The first kappa shape index (κ1) is 15.1. The Balaban J connectivity index is 1.75. The number of carbonyl (C=O) groups is 2. The number of amides is 2. The van der Waals surface area contributed by atoms with Crippen molar-refractivity contribution in [2.75, 3.05) is 11.9 Å². The zero-order valence-corrected chi connectivity index (χ0v) is 12.8. The fourth-order valence-corrected chi connectivity index (χ4v) is 2.70. The van der Waals surface area contributed by atoms with E-state index in [9.17, 15) is 14.7 Å². The van der Waals surface area contributed by atoms with E-state index in [1.165, 1.54) is 10.2 Å². The number of rotatable bonds is 3. The number of hydrogen-bond acceptors (Lipinski definition) is 3. The van der Waals surface area contributed by atoms with E-state index in [0.29, 0.717) is 19.6 Å². The molecule has 1 aromatic heterocycles. The SMILES string of the molecule is CCn1cc(NC(=O)N2CCc3ccccc3C2)c(C(=O)O)n1. The van der Waals surface area contributed by atoms with Gasteiger partial charge in [-0.05, 0) is 24.5 Å². The average molecular weight is 314 g/mol. The molecular weight excluding hydrogens is 296 g/mol. The molecule has 1 aliphatic rings. The van der Waals surface area contributed by atoms with Gasteiger partial charge in [-0.3, -0.25) is 4.68 Å². The van der Waals surface area contributed by atoms with Crippen LogP contribution >= 0.6 is 0 Å². The Morgan fingerprint density at radius 2 is 2.04 bits per heavy atom. The number of nitrogens with one attached hydrogen (secondary N) is 1. The highest BCUT2D eigenvalue weighted by Gasteiger charge is 2.23. The summed E-state index contributed by atoms with van der Waals surface area (Å²) in [5.74, 6) is -1.16. The highest BCUT2D eigenvalue weighted by molar-refractivity contribution is 5.98. The molecule has 0 saturated carbocycles. The van der Waals surface area contributed by atoms with Gasteiger partial charge in [0.15, 0.2) is 5.69 Å². The largest absolute Gasteiger partial charge is 0.476 e. The molecule has 1 aliphatic heterocycles. The summed E-state index contributed by atoms with van der Waals surface area (Å²) in [7, 11) is 0. The van der Waals surface area contributed by atoms with Gasteiger partial charge in [0.1, 0.15) is 0 Å². The smallest absolute Gasteiger partial charge is 0.358 e. The molecule has 2 N–H and O–H groups in total. The summed E-state index contributed by atoms with van der Waals surface area (Å²) in [6, 6.07) is 7.71. The van der Waals surface area contributed by atoms with Gasteiger partial charge in [0, 0.05) is 25.8 Å². The van der Waals surface area contributed by atoms with Crippen molar-refractivity contribution in [2.24, 2.45) is 0 Å². The highest BCUT2D eigenvalue weighted by Crippen LogP contribution is 2.20. The van der Waals surface area contributed by atoms with Crippen LogP contribution in [-0.4, -0.2) is 38.3 Å². The Labute approximate surface area is 133 Å². The normalized spacial score (nSPS) is 13.5. The highest BCUT2D eigenvalue weighted by atomic mass is 16.4. The second kappa shape index (κ2) is 6.12. The molecule has 0 radical (unpaired) electrons. The molecule has 120 valence electrons. The van der Waals surface area contributed by atoms with Crippen molar-refractivity contribution in [3.05, 3.63) is 47.3 Å². The molecule has 1 aromatic carbocycles. The number of nitrogens with zero attached hydrogens (tertiary/aromatic N) is 3. The minimum atomic E-state index is -1.16. The first-order valence-corrected chi connectivity index (χ1v) is 7.52. The van der Waals surface area contributed by atoms with Gasteiger partial charge in [-0.25, -0.2) is 9.59 Å². The number of anilines is 1. The lowest BCUT2D eigenvalue weighted by atomic mass is 10.0. The third kappa shape index (κ3) is 3.03. The number of benzene rings is 1. The number of aromatic carboxylic acids is 1. The summed E-state index contributed by atoms with van der Waals surface area (Å²) in [6.07, 6.45) is 2.34. The predicted octanol–water partition coefficient (Wildman–Crippen LogP) is 2.19. The van der Waals surface area contributed by atoms with E-state index in [2.05, 4.69) is 16.5 Å². The van der Waals surface area contributed by atoms with Crippen LogP contribution in [0.15, 0.2) is 30.5 Å². The minimum Gasteiger partial charge on any atom is -0.476 e. The zero-order chi connectivity index (χ0) is 16.4. The van der Waals surface area contributed by atoms with Gasteiger partial charge in [0.05, 0.1) is 5.69 Å². The maximum absolute atomic E-state index is 12.4. The maximum atomic E-state index is 12.4. The first-order valence-electron chi connectivity index (χ1n) is 7.52. The molecule has 0 unspecified atom stereocenters. The summed E-state index contributed by atoms with van der Waals surface area (Å²) in [6.45, 7) is 3.51. The average Bonchev–Trinajstić information content (AvgIpc) is 2.97. The van der Waals surface area contributed by atoms with Crippen molar-refractivity contribution in [2.45, 2.75) is 26.4 Å². The van der Waals surface area contributed by atoms with Crippen molar-refractivity contribution in [3.63, 3.8) is 0 Å². The Morgan fingerprint density at radius 3 is 2.74 bits per heavy atom. The van der Waals surface area contributed by atoms with E-state index in [-0.39, 0.29) is 17.4 Å². The molecule has 0 fully saturated rings. The van der Waals surface area contributed by atoms with Gasteiger partial charge < -0.3 is 15.3 Å². The van der Waals surface area contributed by atoms with Crippen molar-refractivity contribution >= 4 is 17.7 Å². The molecule has 0 atom stereocenters. The van der Waals surface area contributed by atoms with Crippen LogP contribution in [0, 0.1) is 0 Å². The van der Waals surface area contributed by atoms with Gasteiger partial charge in [0.25, 0.3) is 0 Å². The molecule has 0 bridgehead atoms. The third-order valence-electron chi connectivity index (χ3n) is 3.95. The van der Waals surface area contributed by atoms with Gasteiger partial charge in [-0.1, -0.05) is 24.3 Å². The van der Waals surface area contributed by atoms with Crippen LogP contribution in [0.25, 0.3) is 0 Å². The van der Waals surface area contributed by atoms with E-state index in [0.717, 1.165) is 12.0 Å². The Bertz CT molecular complexity index is 754. The van der Waals surface area contributed by atoms with Crippen LogP contribution in [0.3, 0.4) is 0 Å². The number of aryl methyl sites for hydroxylation is 1. The molecule has 0 aliphatic carbocycles. The standard InChI is InChI=1S/C16H18N4O3/c1-2-20-10-13(14(18-20)15(21)22)17-16(23)19-8-7-11-5-3-4-6-12(11)9-19/h3-6,10H,2,7-9H2,1H3,(H,17,23)(H,21,22). The quantitative estimate of drug-likeness (QED) is 0.909. The van der Waals surface area contributed by atoms with Crippen molar-refractivity contribution in [3.8, 4) is 0 Å². The van der Waals surface area contributed by atoms with E-state index in [4.69, 9.17) is 0 Å². The summed E-state index contributed by atoms with van der Waals surface area (Å²) >= 11 is 0. The van der Waals surface area contributed by atoms with Crippen molar-refractivity contribution < 1.29 is 14.7 Å². The third-order valence-corrected chi connectivity index (χ3v) is 3.95. The van der Waals surface area contributed by atoms with Gasteiger partial charge in [0.2, 0.25) is 0 Å². The topological polar surface area (TPSA) is 87.5 Å². The number of urea groups is 1. The minimum absolute atomic E-state index is 0.141. The number of aromatic nitrogens is 2. The molecule has 3 rings (SSSR count). The second-order valence-corrected chi connectivity index (χ2v) is 5.42. The molecule has 23 heavy (non-hydrogen) atoms. The first-order chi connectivity index (χ1) is 11.1. The second-order valence-electron chi connectivity index (χ2n) is 5.42. The molecule has 2 heterocycles.